The van der Waals surface area contributed by atoms with E-state index < -0.39 is 17.5 Å². The Bertz CT molecular complexity index is 2560. The molecule has 3 saturated carbocycles. The number of phenols is 2. The van der Waals surface area contributed by atoms with E-state index in [-0.39, 0.29) is 41.7 Å². The molecule has 1 aromatic heterocycles. The minimum atomic E-state index is -1.12. The summed E-state index contributed by atoms with van der Waals surface area (Å²) >= 11 is 0. The molecule has 81 heavy (non-hydrogen) atoms. The number of aryl methyl sites for hydroxylation is 1. The zero-order chi connectivity index (χ0) is 57.5. The van der Waals surface area contributed by atoms with Crippen molar-refractivity contribution in [2.75, 3.05) is 79.7 Å². The molecular formula is C66H98N8O7. The lowest BCUT2D eigenvalue weighted by Gasteiger charge is -2.58. The fourth-order valence-corrected chi connectivity index (χ4v) is 15.1. The van der Waals surface area contributed by atoms with Crippen LogP contribution in [0.25, 0.3) is 12.2 Å². The molecule has 0 unspecified atom stereocenters. The molecule has 4 fully saturated rings. The fraction of sp³-hybridized carbons (Fsp3) is 0.652. The van der Waals surface area contributed by atoms with Gasteiger partial charge >= 0.3 is 0 Å². The lowest BCUT2D eigenvalue weighted by molar-refractivity contribution is -0.127. The number of methoxy groups -OCH3 is 2. The number of piperazine rings is 1. The second kappa shape index (κ2) is 29.3. The molecule has 444 valence electrons. The lowest BCUT2D eigenvalue weighted by atomic mass is 9.47. The number of allylic oxidation sites excluding steroid dienone is 3. The van der Waals surface area contributed by atoms with E-state index in [1.807, 2.05) is 0 Å². The number of rotatable bonds is 30. The monoisotopic (exact) mass is 1110 g/mol. The average Bonchev–Trinajstić information content (AvgIpc) is 4.28. The third-order valence-electron chi connectivity index (χ3n) is 19.8. The Morgan fingerprint density at radius 3 is 2.06 bits per heavy atom. The molecule has 5 aliphatic rings. The third kappa shape index (κ3) is 16.3. The summed E-state index contributed by atoms with van der Waals surface area (Å²) in [5.74, 6) is 3.69. The molecule has 0 bridgehead atoms. The number of ketones is 2. The van der Waals surface area contributed by atoms with Crippen LogP contribution in [0.5, 0.6) is 23.0 Å². The molecule has 3 aromatic rings. The summed E-state index contributed by atoms with van der Waals surface area (Å²) < 4.78 is 11.9. The zero-order valence-corrected chi connectivity index (χ0v) is 50.1. The standard InChI is InChI=1S/C66H98N8O7/c1-46(2)11-8-12-47(3)55-19-20-56-53-18-17-50-43-51(25-28-65(50,4)57(53)26-29-66(55,56)5)68-33-32-67-30-9-34-72-37-39-73(40-38-72)35-10-31-69-64(79)27-36-74-45-52(70-71-74)44-54(58(75)21-13-48-15-23-60(77)62(41-48)80-6)59(76)22-14-49-16-24-61(78)63(42-49)81-7/h13-17,21-24,41-42,45-47,51,53-57,67-68,77-78H,8-12,18-20,25-40,43-44H2,1-7H3,(H,69,79)/b21-13+,22-14+/t47-,51+,53+,55-,56+,57+,65+,66-/m1/s1. The van der Waals surface area contributed by atoms with Gasteiger partial charge in [0.05, 0.1) is 32.4 Å². The van der Waals surface area contributed by atoms with E-state index in [4.69, 9.17) is 9.47 Å². The molecule has 8 atom stereocenters. The van der Waals surface area contributed by atoms with Crippen LogP contribution in [0.4, 0.5) is 0 Å². The molecule has 1 saturated heterocycles. The van der Waals surface area contributed by atoms with Gasteiger partial charge in [-0.15, -0.1) is 5.10 Å². The first kappa shape index (κ1) is 61.7. The summed E-state index contributed by atoms with van der Waals surface area (Å²) in [7, 11) is 2.87. The van der Waals surface area contributed by atoms with E-state index in [1.54, 1.807) is 52.9 Å². The molecule has 4 aliphatic carbocycles. The van der Waals surface area contributed by atoms with Crippen molar-refractivity contribution in [2.45, 2.75) is 144 Å². The van der Waals surface area contributed by atoms with E-state index in [9.17, 15) is 24.6 Å². The van der Waals surface area contributed by atoms with Gasteiger partial charge in [0.15, 0.2) is 34.6 Å². The highest BCUT2D eigenvalue weighted by Crippen LogP contribution is 2.67. The number of carbonyl (C=O) groups is 3. The Hall–Kier alpha value is -5.35. The van der Waals surface area contributed by atoms with Gasteiger partial charge in [-0.05, 0) is 178 Å². The minimum Gasteiger partial charge on any atom is -0.504 e. The largest absolute Gasteiger partial charge is 0.504 e. The topological polar surface area (TPSA) is 183 Å². The molecule has 15 nitrogen and oxygen atoms in total. The number of aromatic nitrogens is 3. The number of ether oxygens (including phenoxy) is 2. The summed E-state index contributed by atoms with van der Waals surface area (Å²) in [6.07, 6.45) is 27.7. The Balaban J connectivity index is 0.673. The van der Waals surface area contributed by atoms with Crippen molar-refractivity contribution in [2.24, 2.45) is 52.3 Å². The highest BCUT2D eigenvalue weighted by Gasteiger charge is 2.59. The normalized spacial score (nSPS) is 25.4. The maximum absolute atomic E-state index is 13.6. The predicted molar refractivity (Wildman–Crippen MR) is 322 cm³/mol. The van der Waals surface area contributed by atoms with Gasteiger partial charge in [-0.25, -0.2) is 0 Å². The molecule has 5 N–H and O–H groups in total. The number of amides is 1. The average molecular weight is 1120 g/mol. The van der Waals surface area contributed by atoms with Crippen molar-refractivity contribution in [1.82, 2.24) is 40.7 Å². The smallest absolute Gasteiger partial charge is 0.221 e. The summed E-state index contributed by atoms with van der Waals surface area (Å²) in [5.41, 5.74) is 4.39. The predicted octanol–water partition coefficient (Wildman–Crippen LogP) is 9.92. The summed E-state index contributed by atoms with van der Waals surface area (Å²) in [6, 6.07) is 9.97. The van der Waals surface area contributed by atoms with Gasteiger partial charge in [0.2, 0.25) is 5.91 Å². The molecule has 1 amide bonds. The number of hydrogen-bond donors (Lipinski definition) is 5. The number of nitrogens with one attached hydrogen (secondary N) is 3. The van der Waals surface area contributed by atoms with Crippen LogP contribution in [-0.2, 0) is 27.3 Å². The summed E-state index contributed by atoms with van der Waals surface area (Å²) in [5, 5.41) is 39.2. The van der Waals surface area contributed by atoms with Crippen LogP contribution in [0.2, 0.25) is 0 Å². The van der Waals surface area contributed by atoms with Crippen LogP contribution < -0.4 is 25.4 Å². The van der Waals surface area contributed by atoms with Crippen LogP contribution in [0.15, 0.2) is 66.4 Å². The van der Waals surface area contributed by atoms with Crippen molar-refractivity contribution < 1.29 is 34.1 Å². The maximum Gasteiger partial charge on any atom is 0.221 e. The van der Waals surface area contributed by atoms with E-state index >= 15 is 0 Å². The van der Waals surface area contributed by atoms with Gasteiger partial charge in [-0.3, -0.25) is 19.1 Å². The minimum absolute atomic E-state index is 0.0155. The van der Waals surface area contributed by atoms with Crippen molar-refractivity contribution in [3.63, 3.8) is 0 Å². The lowest BCUT2D eigenvalue weighted by Crippen LogP contribution is -2.52. The van der Waals surface area contributed by atoms with E-state index in [0.29, 0.717) is 46.8 Å². The van der Waals surface area contributed by atoms with Crippen molar-refractivity contribution in [3.8, 4) is 23.0 Å². The number of aromatic hydroxyl groups is 2. The number of carbonyl (C=O) groups excluding carboxylic acids is 3. The Labute approximate surface area is 484 Å². The molecule has 0 radical (unpaired) electrons. The van der Waals surface area contributed by atoms with Gasteiger partial charge < -0.3 is 45.4 Å². The Morgan fingerprint density at radius 2 is 1.42 bits per heavy atom. The first-order valence-corrected chi connectivity index (χ1v) is 31.0. The van der Waals surface area contributed by atoms with Crippen LogP contribution in [0, 0.1) is 52.3 Å². The number of fused-ring (bicyclic) bond motifs is 5. The van der Waals surface area contributed by atoms with Crippen LogP contribution >= 0.6 is 0 Å². The fourth-order valence-electron chi connectivity index (χ4n) is 15.1. The second-order valence-corrected chi connectivity index (χ2v) is 25.5. The van der Waals surface area contributed by atoms with Crippen molar-refractivity contribution in [1.29, 1.82) is 0 Å². The van der Waals surface area contributed by atoms with Crippen LogP contribution in [0.3, 0.4) is 0 Å². The van der Waals surface area contributed by atoms with Gasteiger partial charge in [0, 0.05) is 70.9 Å². The molecule has 0 spiro atoms. The number of hydrogen-bond acceptors (Lipinski definition) is 13. The van der Waals surface area contributed by atoms with Crippen LogP contribution in [0.1, 0.15) is 141 Å². The van der Waals surface area contributed by atoms with Crippen molar-refractivity contribution in [3.05, 3.63) is 83.2 Å². The third-order valence-corrected chi connectivity index (χ3v) is 19.8. The Morgan fingerprint density at radius 1 is 0.765 bits per heavy atom. The van der Waals surface area contributed by atoms with Gasteiger partial charge in [0.1, 0.15) is 0 Å². The second-order valence-electron chi connectivity index (χ2n) is 25.5. The molecule has 2 heterocycles. The molecule has 2 aromatic carbocycles. The summed E-state index contributed by atoms with van der Waals surface area (Å²) in [6.45, 7) is 23.1. The van der Waals surface area contributed by atoms with E-state index in [0.717, 1.165) is 107 Å². The van der Waals surface area contributed by atoms with E-state index in [1.165, 1.54) is 109 Å². The maximum atomic E-state index is 13.6. The molecule has 15 heteroatoms. The first-order valence-electron chi connectivity index (χ1n) is 31.0. The summed E-state index contributed by atoms with van der Waals surface area (Å²) in [4.78, 5) is 45.2. The van der Waals surface area contributed by atoms with Crippen LogP contribution in [-0.4, -0.2) is 138 Å². The SMILES string of the molecule is COc1cc(/C=C/C(=O)C(Cc2cn(CCC(=O)NCCCN3CCN(CCCNCCN[C@H]4CC[C@@]5(C)C(=CC[C@H]6[C@@H]7CC[C@H]([C@H](C)CCCC(C)C)[C@@]7(C)CC[C@@H]65)C4)CC3)nn2)C(=O)/C=C/c2ccc(O)c(OC)c2)ccc1O. The first-order chi connectivity index (χ1) is 39.1. The Kier molecular flexibility index (Phi) is 22.3. The highest BCUT2D eigenvalue weighted by atomic mass is 16.5. The number of phenolic OH excluding ortho intramolecular Hbond substituents is 2. The number of benzene rings is 2. The molecule has 1 aliphatic heterocycles. The highest BCUT2D eigenvalue weighted by molar-refractivity contribution is 6.13. The molecular weight excluding hydrogens is 1020 g/mol. The van der Waals surface area contributed by atoms with E-state index in [2.05, 4.69) is 76.8 Å². The van der Waals surface area contributed by atoms with Crippen molar-refractivity contribution >= 4 is 29.6 Å². The number of nitrogens with zero attached hydrogens (tertiary/aromatic N) is 5. The zero-order valence-electron chi connectivity index (χ0n) is 50.1. The van der Waals surface area contributed by atoms with Gasteiger partial charge in [-0.1, -0.05) is 95.0 Å². The quantitative estimate of drug-likeness (QED) is 0.0184. The van der Waals surface area contributed by atoms with Gasteiger partial charge in [0.25, 0.3) is 0 Å². The molecule has 8 rings (SSSR count). The van der Waals surface area contributed by atoms with Gasteiger partial charge in [-0.2, -0.15) is 0 Å².